The molecular formula is C12H15BrF3NO. The zero-order valence-corrected chi connectivity index (χ0v) is 11.4. The van der Waals surface area contributed by atoms with Gasteiger partial charge in [-0.25, -0.2) is 0 Å². The zero-order valence-electron chi connectivity index (χ0n) is 9.77. The first-order valence-corrected chi connectivity index (χ1v) is 6.79. The summed E-state index contributed by atoms with van der Waals surface area (Å²) < 4.78 is 43.4. The third-order valence-corrected chi connectivity index (χ3v) is 3.81. The van der Waals surface area contributed by atoms with E-state index in [2.05, 4.69) is 21.2 Å². The summed E-state index contributed by atoms with van der Waals surface area (Å²) in [6, 6.07) is 3.81. The average Bonchev–Trinajstić information content (AvgIpc) is 2.72. The standard InChI is InChI=1S/C12H15BrF3NO/c13-11-6-5-10(18-11)7-17-9-3-1-8(2-4-9)12(14,15)16/h5-6,8-9,17H,1-4,7H2. The lowest BCUT2D eigenvalue weighted by Crippen LogP contribution is -2.36. The van der Waals surface area contributed by atoms with Gasteiger partial charge in [-0.05, 0) is 53.7 Å². The molecule has 2 nitrogen and oxygen atoms in total. The third-order valence-electron chi connectivity index (χ3n) is 3.38. The number of alkyl halides is 3. The Morgan fingerprint density at radius 2 is 1.89 bits per heavy atom. The van der Waals surface area contributed by atoms with Crippen molar-refractivity contribution in [3.63, 3.8) is 0 Å². The topological polar surface area (TPSA) is 25.2 Å². The van der Waals surface area contributed by atoms with E-state index < -0.39 is 12.1 Å². The van der Waals surface area contributed by atoms with Gasteiger partial charge < -0.3 is 9.73 Å². The Bertz CT molecular complexity index is 383. The first kappa shape index (κ1) is 13.9. The van der Waals surface area contributed by atoms with E-state index in [-0.39, 0.29) is 18.9 Å². The first-order chi connectivity index (χ1) is 8.45. The minimum absolute atomic E-state index is 0.160. The van der Waals surface area contributed by atoms with Crippen LogP contribution in [-0.4, -0.2) is 12.2 Å². The molecule has 1 heterocycles. The third kappa shape index (κ3) is 3.75. The highest BCUT2D eigenvalue weighted by molar-refractivity contribution is 9.10. The van der Waals surface area contributed by atoms with Crippen LogP contribution in [0.15, 0.2) is 21.2 Å². The second kappa shape index (κ2) is 5.65. The summed E-state index contributed by atoms with van der Waals surface area (Å²) in [5, 5.41) is 3.24. The summed E-state index contributed by atoms with van der Waals surface area (Å²) in [7, 11) is 0. The van der Waals surface area contributed by atoms with Crippen LogP contribution < -0.4 is 5.32 Å². The second-order valence-electron chi connectivity index (χ2n) is 4.68. The molecule has 1 saturated carbocycles. The Morgan fingerprint density at radius 3 is 2.39 bits per heavy atom. The number of nitrogens with one attached hydrogen (secondary N) is 1. The summed E-state index contributed by atoms with van der Waals surface area (Å²) >= 11 is 3.21. The monoisotopic (exact) mass is 325 g/mol. The summed E-state index contributed by atoms with van der Waals surface area (Å²) in [6.07, 6.45) is -2.43. The molecule has 1 N–H and O–H groups in total. The van der Waals surface area contributed by atoms with Gasteiger partial charge in [0, 0.05) is 6.04 Å². The highest BCUT2D eigenvalue weighted by Gasteiger charge is 2.41. The fourth-order valence-corrected chi connectivity index (χ4v) is 2.66. The van der Waals surface area contributed by atoms with Crippen LogP contribution in [0.3, 0.4) is 0 Å². The highest BCUT2D eigenvalue weighted by Crippen LogP contribution is 2.37. The van der Waals surface area contributed by atoms with Crippen molar-refractivity contribution < 1.29 is 17.6 Å². The number of furan rings is 1. The lowest BCUT2D eigenvalue weighted by Gasteiger charge is -2.30. The fraction of sp³-hybridized carbons (Fsp3) is 0.667. The first-order valence-electron chi connectivity index (χ1n) is 5.99. The van der Waals surface area contributed by atoms with E-state index >= 15 is 0 Å². The fourth-order valence-electron chi connectivity index (χ4n) is 2.32. The molecule has 18 heavy (non-hydrogen) atoms. The predicted molar refractivity (Wildman–Crippen MR) is 65.0 cm³/mol. The molecule has 1 fully saturated rings. The molecule has 0 spiro atoms. The maximum atomic E-state index is 12.5. The second-order valence-corrected chi connectivity index (χ2v) is 5.46. The summed E-state index contributed by atoms with van der Waals surface area (Å²) in [6.45, 7) is 0.562. The number of hydrogen-bond donors (Lipinski definition) is 1. The van der Waals surface area contributed by atoms with Gasteiger partial charge in [-0.15, -0.1) is 0 Å². The molecule has 0 saturated heterocycles. The maximum absolute atomic E-state index is 12.5. The number of hydrogen-bond acceptors (Lipinski definition) is 2. The summed E-state index contributed by atoms with van der Waals surface area (Å²) in [5.41, 5.74) is 0. The van der Waals surface area contributed by atoms with Crippen LogP contribution in [0.2, 0.25) is 0 Å². The molecule has 1 aromatic heterocycles. The Morgan fingerprint density at radius 1 is 1.22 bits per heavy atom. The van der Waals surface area contributed by atoms with Gasteiger partial charge in [-0.3, -0.25) is 0 Å². The van der Waals surface area contributed by atoms with E-state index in [0.717, 1.165) is 5.76 Å². The smallest absolute Gasteiger partial charge is 0.391 e. The summed E-state index contributed by atoms with van der Waals surface area (Å²) in [5.74, 6) is -0.326. The van der Waals surface area contributed by atoms with Crippen LogP contribution in [-0.2, 0) is 6.54 Å². The van der Waals surface area contributed by atoms with E-state index in [1.165, 1.54) is 0 Å². The molecule has 6 heteroatoms. The molecule has 0 amide bonds. The number of halogens is 4. The van der Waals surface area contributed by atoms with E-state index in [4.69, 9.17) is 4.42 Å². The molecular weight excluding hydrogens is 311 g/mol. The molecule has 0 unspecified atom stereocenters. The van der Waals surface area contributed by atoms with E-state index in [0.29, 0.717) is 24.1 Å². The van der Waals surface area contributed by atoms with Crippen LogP contribution in [0.1, 0.15) is 31.4 Å². The van der Waals surface area contributed by atoms with Gasteiger partial charge in [0.25, 0.3) is 0 Å². The van der Waals surface area contributed by atoms with Gasteiger partial charge in [0.05, 0.1) is 12.5 Å². The van der Waals surface area contributed by atoms with E-state index in [1.54, 1.807) is 6.07 Å². The SMILES string of the molecule is FC(F)(F)C1CCC(NCc2ccc(Br)o2)CC1. The molecule has 0 aromatic carbocycles. The van der Waals surface area contributed by atoms with Crippen molar-refractivity contribution in [3.8, 4) is 0 Å². The van der Waals surface area contributed by atoms with Gasteiger partial charge in [0.15, 0.2) is 4.67 Å². The van der Waals surface area contributed by atoms with Gasteiger partial charge in [-0.1, -0.05) is 0 Å². The molecule has 0 aliphatic heterocycles. The largest absolute Gasteiger partial charge is 0.453 e. The lowest BCUT2D eigenvalue weighted by atomic mass is 9.85. The Kier molecular flexibility index (Phi) is 4.37. The lowest BCUT2D eigenvalue weighted by molar-refractivity contribution is -0.182. The molecule has 0 radical (unpaired) electrons. The Labute approximate surface area is 112 Å². The van der Waals surface area contributed by atoms with Crippen LogP contribution in [0.25, 0.3) is 0 Å². The van der Waals surface area contributed by atoms with Gasteiger partial charge >= 0.3 is 6.18 Å². The minimum Gasteiger partial charge on any atom is -0.453 e. The van der Waals surface area contributed by atoms with Crippen molar-refractivity contribution in [1.29, 1.82) is 0 Å². The van der Waals surface area contributed by atoms with Gasteiger partial charge in [0.2, 0.25) is 0 Å². The van der Waals surface area contributed by atoms with Gasteiger partial charge in [0.1, 0.15) is 5.76 Å². The van der Waals surface area contributed by atoms with E-state index in [9.17, 15) is 13.2 Å². The van der Waals surface area contributed by atoms with Crippen LogP contribution in [0, 0.1) is 5.92 Å². The van der Waals surface area contributed by atoms with Crippen molar-refractivity contribution >= 4 is 15.9 Å². The molecule has 2 rings (SSSR count). The average molecular weight is 326 g/mol. The number of rotatable bonds is 3. The zero-order chi connectivity index (χ0) is 13.2. The normalized spacial score (nSPS) is 25.3. The predicted octanol–water partition coefficient (Wildman–Crippen LogP) is 4.25. The van der Waals surface area contributed by atoms with Crippen molar-refractivity contribution in [2.24, 2.45) is 5.92 Å². The quantitative estimate of drug-likeness (QED) is 0.898. The highest BCUT2D eigenvalue weighted by atomic mass is 79.9. The molecule has 102 valence electrons. The molecule has 0 atom stereocenters. The van der Waals surface area contributed by atoms with Crippen LogP contribution in [0.5, 0.6) is 0 Å². The van der Waals surface area contributed by atoms with Crippen molar-refractivity contribution in [2.75, 3.05) is 0 Å². The van der Waals surface area contributed by atoms with E-state index in [1.807, 2.05) is 6.07 Å². The molecule has 1 aliphatic rings. The Hall–Kier alpha value is -0.490. The van der Waals surface area contributed by atoms with Crippen molar-refractivity contribution in [3.05, 3.63) is 22.6 Å². The molecule has 1 aromatic rings. The van der Waals surface area contributed by atoms with Crippen LogP contribution >= 0.6 is 15.9 Å². The van der Waals surface area contributed by atoms with Gasteiger partial charge in [-0.2, -0.15) is 13.2 Å². The molecule has 1 aliphatic carbocycles. The Balaban J connectivity index is 1.74. The van der Waals surface area contributed by atoms with Crippen molar-refractivity contribution in [2.45, 2.75) is 44.4 Å². The molecule has 0 bridgehead atoms. The van der Waals surface area contributed by atoms with Crippen LogP contribution in [0.4, 0.5) is 13.2 Å². The minimum atomic E-state index is -4.03. The maximum Gasteiger partial charge on any atom is 0.391 e. The summed E-state index contributed by atoms with van der Waals surface area (Å²) in [4.78, 5) is 0. The van der Waals surface area contributed by atoms with Crippen molar-refractivity contribution in [1.82, 2.24) is 5.32 Å².